The largest absolute Gasteiger partial charge is 0.384 e. The van der Waals surface area contributed by atoms with Gasteiger partial charge in [-0.1, -0.05) is 78.5 Å². The van der Waals surface area contributed by atoms with Crippen molar-refractivity contribution in [1.29, 1.82) is 5.26 Å². The Labute approximate surface area is 227 Å². The number of rotatable bonds is 5. The minimum atomic E-state index is -1.78. The molecule has 2 aliphatic heterocycles. The molecule has 192 valence electrons. The quantitative estimate of drug-likeness (QED) is 0.258. The third-order valence-electron chi connectivity index (χ3n) is 6.95. The van der Waals surface area contributed by atoms with Gasteiger partial charge >= 0.3 is 0 Å². The van der Waals surface area contributed by atoms with Crippen molar-refractivity contribution in [3.05, 3.63) is 129 Å². The van der Waals surface area contributed by atoms with Crippen molar-refractivity contribution in [1.82, 2.24) is 9.97 Å². The van der Waals surface area contributed by atoms with Crippen molar-refractivity contribution >= 4 is 29.2 Å². The van der Waals surface area contributed by atoms with Crippen LogP contribution in [0.1, 0.15) is 22.3 Å². The first-order chi connectivity index (χ1) is 18.9. The average molecular weight is 537 g/mol. The number of nitrogens with two attached hydrogens (primary N) is 1. The van der Waals surface area contributed by atoms with E-state index in [0.29, 0.717) is 16.8 Å². The topological polar surface area (TPSA) is 128 Å². The number of benzene rings is 3. The Hall–Kier alpha value is -4.88. The molecule has 0 saturated carbocycles. The molecular weight excluding hydrogens is 515 g/mol. The van der Waals surface area contributed by atoms with E-state index in [1.165, 1.54) is 6.07 Å². The lowest BCUT2D eigenvalue weighted by molar-refractivity contribution is -0.120. The molecule has 3 heterocycles. The number of nitrogens with zero attached hydrogens (tertiary/aromatic N) is 3. The summed E-state index contributed by atoms with van der Waals surface area (Å²) in [7, 11) is 0. The van der Waals surface area contributed by atoms with Gasteiger partial charge in [0.15, 0.2) is 5.16 Å². The highest BCUT2D eigenvalue weighted by molar-refractivity contribution is 7.98. The SMILES string of the molecule is N#CC1=C(N)Nc2nc(SCc3ccccc3F)[nH]c(=O)c2C12C(=O)N(Cc1ccccc1)c1ccccc12. The van der Waals surface area contributed by atoms with Gasteiger partial charge in [0, 0.05) is 17.0 Å². The second kappa shape index (κ2) is 9.45. The third-order valence-corrected chi connectivity index (χ3v) is 7.87. The van der Waals surface area contributed by atoms with Gasteiger partial charge in [-0.25, -0.2) is 9.37 Å². The molecule has 1 amide bonds. The molecule has 0 radical (unpaired) electrons. The van der Waals surface area contributed by atoms with Crippen molar-refractivity contribution in [2.45, 2.75) is 22.9 Å². The number of halogens is 1. The number of nitriles is 1. The molecule has 0 aliphatic carbocycles. The van der Waals surface area contributed by atoms with Gasteiger partial charge in [-0.15, -0.1) is 0 Å². The summed E-state index contributed by atoms with van der Waals surface area (Å²) in [5.74, 6) is -0.580. The zero-order valence-corrected chi connectivity index (χ0v) is 21.3. The maximum absolute atomic E-state index is 14.4. The molecule has 0 saturated heterocycles. The van der Waals surface area contributed by atoms with E-state index in [2.05, 4.69) is 21.4 Å². The average Bonchev–Trinajstić information content (AvgIpc) is 3.17. The summed E-state index contributed by atoms with van der Waals surface area (Å²) in [5.41, 5.74) is 6.29. The highest BCUT2D eigenvalue weighted by atomic mass is 32.2. The van der Waals surface area contributed by atoms with Gasteiger partial charge in [0.05, 0.1) is 17.7 Å². The molecule has 8 nitrogen and oxygen atoms in total. The Bertz CT molecular complexity index is 1760. The third kappa shape index (κ3) is 3.78. The van der Waals surface area contributed by atoms with E-state index in [0.717, 1.165) is 17.3 Å². The first-order valence-corrected chi connectivity index (χ1v) is 13.1. The van der Waals surface area contributed by atoms with Crippen molar-refractivity contribution in [3.8, 4) is 6.07 Å². The number of hydrogen-bond acceptors (Lipinski definition) is 7. The van der Waals surface area contributed by atoms with E-state index in [1.54, 1.807) is 47.4 Å². The zero-order chi connectivity index (χ0) is 27.1. The molecule has 4 N–H and O–H groups in total. The van der Waals surface area contributed by atoms with Crippen LogP contribution in [0, 0.1) is 17.1 Å². The summed E-state index contributed by atoms with van der Waals surface area (Å²) in [5, 5.41) is 13.3. The van der Waals surface area contributed by atoms with E-state index < -0.39 is 16.9 Å². The molecule has 6 rings (SSSR count). The van der Waals surface area contributed by atoms with Crippen LogP contribution >= 0.6 is 11.8 Å². The van der Waals surface area contributed by atoms with Crippen molar-refractivity contribution < 1.29 is 9.18 Å². The number of carbonyl (C=O) groups is 1. The number of nitrogens with one attached hydrogen (secondary N) is 2. The van der Waals surface area contributed by atoms with Crippen LogP contribution in [0.2, 0.25) is 0 Å². The van der Waals surface area contributed by atoms with Gasteiger partial charge in [-0.3, -0.25) is 9.59 Å². The number of para-hydroxylation sites is 1. The lowest BCUT2D eigenvalue weighted by Crippen LogP contribution is -2.49. The van der Waals surface area contributed by atoms with Crippen LogP contribution in [0.3, 0.4) is 0 Å². The standard InChI is InChI=1S/C29H21FN6O2S/c30-21-12-6-4-10-18(21)16-39-28-34-25-23(26(37)35-28)29(20(14-31)24(32)33-25)19-11-5-7-13-22(19)36(27(29)38)15-17-8-2-1-3-9-17/h1-13H,15-16,32H2,(H2,33,34,35,37). The minimum absolute atomic E-state index is 0.00324. The monoisotopic (exact) mass is 536 g/mol. The number of thioether (sulfide) groups is 1. The molecule has 39 heavy (non-hydrogen) atoms. The molecular formula is C29H21FN6O2S. The predicted octanol–water partition coefficient (Wildman–Crippen LogP) is 4.15. The molecule has 1 atom stereocenters. The van der Waals surface area contributed by atoms with Gasteiger partial charge in [0.25, 0.3) is 5.56 Å². The summed E-state index contributed by atoms with van der Waals surface area (Å²) >= 11 is 1.14. The smallest absolute Gasteiger partial charge is 0.258 e. The molecule has 1 unspecified atom stereocenters. The maximum atomic E-state index is 14.4. The van der Waals surface area contributed by atoms with Crippen LogP contribution in [0.15, 0.2) is 100 Å². The Morgan fingerprint density at radius 1 is 1.03 bits per heavy atom. The summed E-state index contributed by atoms with van der Waals surface area (Å²) in [6.45, 7) is 0.238. The molecule has 10 heteroatoms. The summed E-state index contributed by atoms with van der Waals surface area (Å²) in [6, 6.07) is 25.0. The van der Waals surface area contributed by atoms with Gasteiger partial charge < -0.3 is 20.9 Å². The first kappa shape index (κ1) is 24.5. The van der Waals surface area contributed by atoms with Crippen molar-refractivity contribution in [2.75, 3.05) is 10.2 Å². The lowest BCUT2D eigenvalue weighted by Gasteiger charge is -2.34. The number of amides is 1. The van der Waals surface area contributed by atoms with Gasteiger partial charge in [-0.2, -0.15) is 5.26 Å². The van der Waals surface area contributed by atoms with Crippen molar-refractivity contribution in [2.24, 2.45) is 5.73 Å². The van der Waals surface area contributed by atoms with E-state index in [9.17, 15) is 19.2 Å². The molecule has 2 aliphatic rings. The van der Waals surface area contributed by atoms with Gasteiger partial charge in [0.1, 0.15) is 28.9 Å². The highest BCUT2D eigenvalue weighted by Crippen LogP contribution is 2.53. The zero-order valence-electron chi connectivity index (χ0n) is 20.4. The van der Waals surface area contributed by atoms with Crippen LogP contribution in [0.25, 0.3) is 0 Å². The maximum Gasteiger partial charge on any atom is 0.258 e. The van der Waals surface area contributed by atoms with Crippen LogP contribution < -0.4 is 21.5 Å². The Morgan fingerprint density at radius 3 is 2.51 bits per heavy atom. The summed E-state index contributed by atoms with van der Waals surface area (Å²) in [4.78, 5) is 37.1. The number of anilines is 2. The van der Waals surface area contributed by atoms with Gasteiger partial charge in [-0.05, 0) is 23.3 Å². The molecule has 0 fully saturated rings. The number of H-pyrrole nitrogens is 1. The minimum Gasteiger partial charge on any atom is -0.384 e. The summed E-state index contributed by atoms with van der Waals surface area (Å²) < 4.78 is 14.1. The van der Waals surface area contributed by atoms with Crippen LogP contribution in [0.5, 0.6) is 0 Å². The molecule has 1 aromatic heterocycles. The Morgan fingerprint density at radius 2 is 1.74 bits per heavy atom. The molecule has 1 spiro atoms. The number of carbonyl (C=O) groups excluding carboxylic acids is 1. The molecule has 3 aromatic carbocycles. The normalized spacial score (nSPS) is 17.5. The molecule has 0 bridgehead atoms. The fraction of sp³-hybridized carbons (Fsp3) is 0.103. The number of hydrogen-bond donors (Lipinski definition) is 3. The Kier molecular flexibility index (Phi) is 5.93. The van der Waals surface area contributed by atoms with Crippen LogP contribution in [0.4, 0.5) is 15.9 Å². The number of fused-ring (bicyclic) bond motifs is 4. The van der Waals surface area contributed by atoms with E-state index in [1.807, 2.05) is 30.3 Å². The summed E-state index contributed by atoms with van der Waals surface area (Å²) in [6.07, 6.45) is 0. The molecule has 4 aromatic rings. The van der Waals surface area contributed by atoms with Crippen LogP contribution in [-0.2, 0) is 22.5 Å². The lowest BCUT2D eigenvalue weighted by atomic mass is 9.69. The number of aromatic amines is 1. The Balaban J connectivity index is 1.50. The highest BCUT2D eigenvalue weighted by Gasteiger charge is 2.60. The van der Waals surface area contributed by atoms with Crippen LogP contribution in [-0.4, -0.2) is 15.9 Å². The predicted molar refractivity (Wildman–Crippen MR) is 146 cm³/mol. The first-order valence-electron chi connectivity index (χ1n) is 12.1. The number of aromatic nitrogens is 2. The second-order valence-electron chi connectivity index (χ2n) is 9.14. The van der Waals surface area contributed by atoms with Crippen molar-refractivity contribution in [3.63, 3.8) is 0 Å². The van der Waals surface area contributed by atoms with Gasteiger partial charge in [0.2, 0.25) is 5.91 Å². The fourth-order valence-electron chi connectivity index (χ4n) is 5.24. The second-order valence-corrected chi connectivity index (χ2v) is 10.1. The van der Waals surface area contributed by atoms with E-state index in [4.69, 9.17) is 5.73 Å². The van der Waals surface area contributed by atoms with E-state index >= 15 is 0 Å². The van der Waals surface area contributed by atoms with E-state index in [-0.39, 0.29) is 46.0 Å². The fourth-order valence-corrected chi connectivity index (χ4v) is 6.09.